The Labute approximate surface area is 143 Å². The highest BCUT2D eigenvalue weighted by Gasteiger charge is 2.33. The maximum atomic E-state index is 2.72. The van der Waals surface area contributed by atoms with Gasteiger partial charge in [0.05, 0.1) is 6.04 Å². The molecule has 2 heteroatoms. The van der Waals surface area contributed by atoms with Crippen LogP contribution >= 0.6 is 0 Å². The number of rotatable bonds is 2. The lowest BCUT2D eigenvalue weighted by molar-refractivity contribution is 0.163. The van der Waals surface area contributed by atoms with Gasteiger partial charge in [0, 0.05) is 36.2 Å². The minimum absolute atomic E-state index is 0.587. The minimum Gasteiger partial charge on any atom is -0.343 e. The first-order valence-electron chi connectivity index (χ1n) is 9.30. The van der Waals surface area contributed by atoms with Crippen LogP contribution < -0.4 is 0 Å². The number of nitrogens with zero attached hydrogens (tertiary/aromatic N) is 2. The normalized spacial score (nSPS) is 20.8. The van der Waals surface area contributed by atoms with E-state index in [0.717, 1.165) is 6.54 Å². The first kappa shape index (κ1) is 14.3. The van der Waals surface area contributed by atoms with Crippen molar-refractivity contribution in [1.29, 1.82) is 0 Å². The van der Waals surface area contributed by atoms with Crippen LogP contribution in [0.2, 0.25) is 0 Å². The van der Waals surface area contributed by atoms with E-state index in [2.05, 4.69) is 64.1 Å². The summed E-state index contributed by atoms with van der Waals surface area (Å²) in [6.45, 7) is 3.44. The molecule has 1 atom stereocenters. The maximum absolute atomic E-state index is 2.72. The van der Waals surface area contributed by atoms with E-state index in [0.29, 0.717) is 6.04 Å². The summed E-state index contributed by atoms with van der Waals surface area (Å²) < 4.78 is 2.64. The van der Waals surface area contributed by atoms with E-state index < -0.39 is 0 Å². The average molecular weight is 316 g/mol. The summed E-state index contributed by atoms with van der Waals surface area (Å²) in [5.41, 5.74) is 6.14. The van der Waals surface area contributed by atoms with Gasteiger partial charge in [-0.3, -0.25) is 4.90 Å². The zero-order chi connectivity index (χ0) is 15.9. The Hall–Kier alpha value is -2.06. The molecule has 0 saturated carbocycles. The second-order valence-electron chi connectivity index (χ2n) is 7.25. The number of hydrogen-bond acceptors (Lipinski definition) is 1. The third kappa shape index (κ3) is 2.21. The standard InChI is InChI=1S/C22H24N2/c1-2-8-17(9-3-1)16-23-15-13-19-18-10-4-5-11-20(18)24-14-7-6-12-21(23)22(19)24/h1-5,8-11,21H,6-7,12-16H2. The summed E-state index contributed by atoms with van der Waals surface area (Å²) in [5.74, 6) is 0. The van der Waals surface area contributed by atoms with Crippen molar-refractivity contribution >= 4 is 10.9 Å². The molecule has 1 unspecified atom stereocenters. The van der Waals surface area contributed by atoms with E-state index in [1.807, 2.05) is 0 Å². The van der Waals surface area contributed by atoms with Gasteiger partial charge in [-0.15, -0.1) is 0 Å². The monoisotopic (exact) mass is 316 g/mol. The molecule has 0 radical (unpaired) electrons. The molecular formula is C22H24N2. The van der Waals surface area contributed by atoms with Crippen molar-refractivity contribution in [3.8, 4) is 0 Å². The third-order valence-electron chi connectivity index (χ3n) is 5.86. The average Bonchev–Trinajstić information content (AvgIpc) is 2.78. The van der Waals surface area contributed by atoms with Crippen LogP contribution in [-0.2, 0) is 19.5 Å². The Morgan fingerprint density at radius 1 is 0.875 bits per heavy atom. The highest BCUT2D eigenvalue weighted by molar-refractivity contribution is 5.86. The molecule has 24 heavy (non-hydrogen) atoms. The number of hydrogen-bond donors (Lipinski definition) is 0. The van der Waals surface area contributed by atoms with Crippen molar-refractivity contribution in [3.05, 3.63) is 71.4 Å². The molecule has 5 rings (SSSR count). The largest absolute Gasteiger partial charge is 0.343 e. The van der Waals surface area contributed by atoms with Gasteiger partial charge in [-0.25, -0.2) is 0 Å². The van der Waals surface area contributed by atoms with Crippen LogP contribution in [-0.4, -0.2) is 16.0 Å². The van der Waals surface area contributed by atoms with E-state index in [4.69, 9.17) is 0 Å². The Balaban J connectivity index is 1.60. The molecule has 122 valence electrons. The lowest BCUT2D eigenvalue weighted by Crippen LogP contribution is -2.35. The summed E-state index contributed by atoms with van der Waals surface area (Å²) in [6.07, 6.45) is 5.13. The summed E-state index contributed by atoms with van der Waals surface area (Å²) in [4.78, 5) is 2.72. The number of para-hydroxylation sites is 1. The summed E-state index contributed by atoms with van der Waals surface area (Å²) >= 11 is 0. The Morgan fingerprint density at radius 2 is 1.71 bits per heavy atom. The van der Waals surface area contributed by atoms with Crippen LogP contribution in [0.25, 0.3) is 10.9 Å². The van der Waals surface area contributed by atoms with Gasteiger partial charge in [0.2, 0.25) is 0 Å². The van der Waals surface area contributed by atoms with Gasteiger partial charge in [0.25, 0.3) is 0 Å². The zero-order valence-corrected chi connectivity index (χ0v) is 14.1. The molecule has 2 nitrogen and oxygen atoms in total. The summed E-state index contributed by atoms with van der Waals surface area (Å²) in [6, 6.07) is 20.6. The van der Waals surface area contributed by atoms with Crippen LogP contribution in [0.4, 0.5) is 0 Å². The predicted octanol–water partition coefficient (Wildman–Crippen LogP) is 4.92. The molecule has 2 aromatic carbocycles. The Morgan fingerprint density at radius 3 is 2.62 bits per heavy atom. The summed E-state index contributed by atoms with van der Waals surface area (Å²) in [7, 11) is 0. The molecule has 0 saturated heterocycles. The molecule has 3 heterocycles. The van der Waals surface area contributed by atoms with Crippen molar-refractivity contribution in [1.82, 2.24) is 9.47 Å². The zero-order valence-electron chi connectivity index (χ0n) is 14.1. The first-order chi connectivity index (χ1) is 11.9. The number of benzene rings is 2. The highest BCUT2D eigenvalue weighted by Crippen LogP contribution is 2.41. The van der Waals surface area contributed by atoms with Crippen LogP contribution in [0, 0.1) is 0 Å². The van der Waals surface area contributed by atoms with E-state index in [1.165, 1.54) is 55.2 Å². The molecule has 3 aromatic rings. The lowest BCUT2D eigenvalue weighted by Gasteiger charge is -2.36. The van der Waals surface area contributed by atoms with E-state index in [9.17, 15) is 0 Å². The number of aryl methyl sites for hydroxylation is 1. The van der Waals surface area contributed by atoms with E-state index in [1.54, 1.807) is 11.3 Å². The predicted molar refractivity (Wildman–Crippen MR) is 99.1 cm³/mol. The molecule has 0 aliphatic carbocycles. The van der Waals surface area contributed by atoms with Gasteiger partial charge in [-0.05, 0) is 42.9 Å². The summed E-state index contributed by atoms with van der Waals surface area (Å²) in [5, 5.41) is 1.50. The van der Waals surface area contributed by atoms with Gasteiger partial charge >= 0.3 is 0 Å². The third-order valence-corrected chi connectivity index (χ3v) is 5.86. The fourth-order valence-corrected chi connectivity index (χ4v) is 4.80. The molecule has 0 bridgehead atoms. The van der Waals surface area contributed by atoms with Crippen LogP contribution in [0.3, 0.4) is 0 Å². The molecule has 0 amide bonds. The number of fused-ring (bicyclic) bond motifs is 3. The molecular weight excluding hydrogens is 292 g/mol. The second kappa shape index (κ2) is 5.78. The fourth-order valence-electron chi connectivity index (χ4n) is 4.80. The van der Waals surface area contributed by atoms with Crippen LogP contribution in [0.5, 0.6) is 0 Å². The van der Waals surface area contributed by atoms with Gasteiger partial charge in [-0.1, -0.05) is 48.5 Å². The maximum Gasteiger partial charge on any atom is 0.0507 e. The molecule has 0 spiro atoms. The fraction of sp³-hybridized carbons (Fsp3) is 0.364. The van der Waals surface area contributed by atoms with Crippen molar-refractivity contribution < 1.29 is 0 Å². The molecule has 2 aliphatic heterocycles. The van der Waals surface area contributed by atoms with Gasteiger partial charge < -0.3 is 4.57 Å². The van der Waals surface area contributed by atoms with Gasteiger partial charge in [0.1, 0.15) is 0 Å². The quantitative estimate of drug-likeness (QED) is 0.651. The molecule has 0 N–H and O–H groups in total. The molecule has 1 aromatic heterocycles. The topological polar surface area (TPSA) is 8.17 Å². The SMILES string of the molecule is c1ccc(CN2CCc3c4n(c5ccccc35)CCCCC42)cc1. The van der Waals surface area contributed by atoms with Crippen LogP contribution in [0.15, 0.2) is 54.6 Å². The van der Waals surface area contributed by atoms with Crippen LogP contribution in [0.1, 0.15) is 42.1 Å². The van der Waals surface area contributed by atoms with Gasteiger partial charge in [-0.2, -0.15) is 0 Å². The number of aromatic nitrogens is 1. The minimum atomic E-state index is 0.587. The van der Waals surface area contributed by atoms with Crippen molar-refractivity contribution in [2.24, 2.45) is 0 Å². The van der Waals surface area contributed by atoms with Crippen molar-refractivity contribution in [2.75, 3.05) is 6.54 Å². The molecule has 2 aliphatic rings. The molecule has 0 fully saturated rings. The Bertz CT molecular complexity index is 862. The smallest absolute Gasteiger partial charge is 0.0507 e. The second-order valence-corrected chi connectivity index (χ2v) is 7.25. The van der Waals surface area contributed by atoms with E-state index in [-0.39, 0.29) is 0 Å². The first-order valence-corrected chi connectivity index (χ1v) is 9.30. The van der Waals surface area contributed by atoms with Crippen molar-refractivity contribution in [2.45, 2.75) is 44.8 Å². The Kier molecular flexibility index (Phi) is 3.45. The van der Waals surface area contributed by atoms with Gasteiger partial charge in [0.15, 0.2) is 0 Å². The van der Waals surface area contributed by atoms with Crippen molar-refractivity contribution in [3.63, 3.8) is 0 Å². The van der Waals surface area contributed by atoms with E-state index >= 15 is 0 Å². The highest BCUT2D eigenvalue weighted by atomic mass is 15.2. The lowest BCUT2D eigenvalue weighted by atomic mass is 9.94.